The first kappa shape index (κ1) is 21.6. The molecule has 30 heavy (non-hydrogen) atoms. The highest BCUT2D eigenvalue weighted by Crippen LogP contribution is 2.45. The third-order valence-electron chi connectivity index (χ3n) is 4.95. The van der Waals surface area contributed by atoms with Gasteiger partial charge in [-0.1, -0.05) is 35.7 Å². The number of rotatable bonds is 4. The zero-order chi connectivity index (χ0) is 22.1. The largest absolute Gasteiger partial charge is 0.466 e. The summed E-state index contributed by atoms with van der Waals surface area (Å²) < 4.78 is 10.9. The third kappa shape index (κ3) is 3.37. The Kier molecular flexibility index (Phi) is 5.99. The summed E-state index contributed by atoms with van der Waals surface area (Å²) in [6.07, 6.45) is 6.73. The van der Waals surface area contributed by atoms with E-state index < -0.39 is 23.3 Å². The van der Waals surface area contributed by atoms with Crippen LogP contribution in [0.5, 0.6) is 0 Å². The van der Waals surface area contributed by atoms with E-state index in [1.54, 1.807) is 43.4 Å². The number of para-hydroxylation sites is 1. The van der Waals surface area contributed by atoms with E-state index in [0.717, 1.165) is 11.8 Å². The molecule has 3 rings (SSSR count). The van der Waals surface area contributed by atoms with E-state index in [4.69, 9.17) is 15.9 Å². The predicted octanol–water partition coefficient (Wildman–Crippen LogP) is 3.36. The molecule has 1 aliphatic rings. The fraction of sp³-hybridized carbons (Fsp3) is 0.174. The van der Waals surface area contributed by atoms with Crippen LogP contribution in [0, 0.1) is 22.8 Å². The number of fused-ring (bicyclic) bond motifs is 1. The number of hydrogen-bond donors (Lipinski definition) is 0. The molecule has 6 nitrogen and oxygen atoms in total. The van der Waals surface area contributed by atoms with Gasteiger partial charge in [-0.25, -0.2) is 9.59 Å². The lowest BCUT2D eigenvalue weighted by Crippen LogP contribution is -2.42. The smallest absolute Gasteiger partial charge is 0.344 e. The topological polar surface area (TPSA) is 72.9 Å². The van der Waals surface area contributed by atoms with E-state index in [-0.39, 0.29) is 5.57 Å². The Morgan fingerprint density at radius 2 is 1.93 bits per heavy atom. The SMILES string of the molecule is C#C[C@]1(/C(=C/OC(=O)c2cc(C)ccc2I)C(=O)OC)C(=O)N(C)c2ccccc21. The lowest BCUT2D eigenvalue weighted by molar-refractivity contribution is -0.138. The molecule has 1 atom stereocenters. The molecule has 0 unspecified atom stereocenters. The Balaban J connectivity index is 2.12. The molecule has 0 spiro atoms. The summed E-state index contributed by atoms with van der Waals surface area (Å²) in [6.45, 7) is 1.85. The van der Waals surface area contributed by atoms with Crippen LogP contribution in [0.2, 0.25) is 0 Å². The van der Waals surface area contributed by atoms with E-state index in [0.29, 0.717) is 20.4 Å². The number of anilines is 1. The molecule has 1 aliphatic heterocycles. The van der Waals surface area contributed by atoms with Crippen molar-refractivity contribution in [3.63, 3.8) is 0 Å². The molecular weight excluding hydrogens is 497 g/mol. The minimum Gasteiger partial charge on any atom is -0.466 e. The summed E-state index contributed by atoms with van der Waals surface area (Å²) in [5.41, 5.74) is 0.207. The zero-order valence-corrected chi connectivity index (χ0v) is 18.7. The summed E-state index contributed by atoms with van der Waals surface area (Å²) in [7, 11) is 2.73. The van der Waals surface area contributed by atoms with Gasteiger partial charge in [0.25, 0.3) is 5.91 Å². The van der Waals surface area contributed by atoms with Gasteiger partial charge < -0.3 is 14.4 Å². The number of aryl methyl sites for hydroxylation is 1. The number of likely N-dealkylation sites (N-methyl/N-ethyl adjacent to an activating group) is 1. The minimum absolute atomic E-state index is 0.245. The van der Waals surface area contributed by atoms with Gasteiger partial charge in [0.2, 0.25) is 0 Å². The molecule has 0 saturated heterocycles. The maximum atomic E-state index is 13.2. The number of carbonyl (C=O) groups excluding carboxylic acids is 3. The van der Waals surface area contributed by atoms with Gasteiger partial charge in [0.15, 0.2) is 5.41 Å². The number of amides is 1. The van der Waals surface area contributed by atoms with Gasteiger partial charge in [0, 0.05) is 21.9 Å². The van der Waals surface area contributed by atoms with Crippen LogP contribution in [0.4, 0.5) is 5.69 Å². The Morgan fingerprint density at radius 1 is 1.23 bits per heavy atom. The Hall–Kier alpha value is -3.12. The first-order valence-electron chi connectivity index (χ1n) is 8.89. The summed E-state index contributed by atoms with van der Waals surface area (Å²) in [4.78, 5) is 39.9. The van der Waals surface area contributed by atoms with Crippen LogP contribution in [-0.2, 0) is 24.5 Å². The molecule has 0 radical (unpaired) electrons. The van der Waals surface area contributed by atoms with Crippen LogP contribution in [0.25, 0.3) is 0 Å². The molecular formula is C23H18INO5. The maximum absolute atomic E-state index is 13.2. The number of carbonyl (C=O) groups is 3. The summed E-state index contributed by atoms with van der Waals surface area (Å²) >= 11 is 2.02. The van der Waals surface area contributed by atoms with E-state index in [1.807, 2.05) is 35.6 Å². The number of halogens is 1. The normalized spacial score (nSPS) is 17.9. The van der Waals surface area contributed by atoms with Gasteiger partial charge in [-0.2, -0.15) is 0 Å². The van der Waals surface area contributed by atoms with Crippen molar-refractivity contribution in [2.75, 3.05) is 19.1 Å². The second kappa shape index (κ2) is 8.32. The first-order chi connectivity index (χ1) is 14.3. The van der Waals surface area contributed by atoms with Gasteiger partial charge >= 0.3 is 11.9 Å². The highest BCUT2D eigenvalue weighted by Gasteiger charge is 2.54. The second-order valence-electron chi connectivity index (χ2n) is 6.69. The summed E-state index contributed by atoms with van der Waals surface area (Å²) in [5.74, 6) is 0.410. The number of esters is 2. The molecule has 0 bridgehead atoms. The fourth-order valence-corrected chi connectivity index (χ4v) is 3.96. The van der Waals surface area contributed by atoms with Crippen LogP contribution in [0.15, 0.2) is 54.3 Å². The summed E-state index contributed by atoms with van der Waals surface area (Å²) in [5, 5.41) is 0. The average molecular weight is 515 g/mol. The molecule has 2 aromatic carbocycles. The Labute approximate surface area is 188 Å². The first-order valence-corrected chi connectivity index (χ1v) is 9.97. The molecule has 2 aromatic rings. The van der Waals surface area contributed by atoms with Gasteiger partial charge in [-0.15, -0.1) is 6.42 Å². The Bertz CT molecular complexity index is 1130. The molecule has 0 aliphatic carbocycles. The quantitative estimate of drug-likeness (QED) is 0.205. The summed E-state index contributed by atoms with van der Waals surface area (Å²) in [6, 6.07) is 12.2. The lowest BCUT2D eigenvalue weighted by atomic mass is 9.76. The van der Waals surface area contributed by atoms with Crippen molar-refractivity contribution in [3.8, 4) is 12.3 Å². The molecule has 1 amide bonds. The zero-order valence-electron chi connectivity index (χ0n) is 16.6. The highest BCUT2D eigenvalue weighted by molar-refractivity contribution is 14.1. The molecule has 7 heteroatoms. The van der Waals surface area contributed by atoms with Crippen LogP contribution >= 0.6 is 22.6 Å². The highest BCUT2D eigenvalue weighted by atomic mass is 127. The number of methoxy groups -OCH3 is 1. The van der Waals surface area contributed by atoms with E-state index in [9.17, 15) is 14.4 Å². The monoisotopic (exact) mass is 515 g/mol. The predicted molar refractivity (Wildman–Crippen MR) is 120 cm³/mol. The van der Waals surface area contributed by atoms with E-state index in [1.165, 1.54) is 12.0 Å². The van der Waals surface area contributed by atoms with Crippen molar-refractivity contribution < 1.29 is 23.9 Å². The lowest BCUT2D eigenvalue weighted by Gasteiger charge is -2.23. The van der Waals surface area contributed by atoms with Crippen LogP contribution in [-0.4, -0.2) is 32.0 Å². The number of benzene rings is 2. The van der Waals surface area contributed by atoms with Gasteiger partial charge in [-0.3, -0.25) is 4.79 Å². The van der Waals surface area contributed by atoms with Gasteiger partial charge in [0.05, 0.1) is 12.7 Å². The number of ether oxygens (including phenoxy) is 2. The van der Waals surface area contributed by atoms with E-state index in [2.05, 4.69) is 5.92 Å². The molecule has 0 fully saturated rings. The van der Waals surface area contributed by atoms with Crippen molar-refractivity contribution in [2.45, 2.75) is 12.3 Å². The van der Waals surface area contributed by atoms with E-state index >= 15 is 0 Å². The molecule has 152 valence electrons. The number of hydrogen-bond acceptors (Lipinski definition) is 5. The van der Waals surface area contributed by atoms with Gasteiger partial charge in [-0.05, 0) is 47.7 Å². The fourth-order valence-electron chi connectivity index (χ4n) is 3.41. The molecule has 0 saturated carbocycles. The van der Waals surface area contributed by atoms with Crippen molar-refractivity contribution in [2.24, 2.45) is 0 Å². The molecule has 1 heterocycles. The van der Waals surface area contributed by atoms with Crippen molar-refractivity contribution in [1.82, 2.24) is 0 Å². The minimum atomic E-state index is -1.77. The average Bonchev–Trinajstić information content (AvgIpc) is 2.97. The number of nitrogens with zero attached hydrogens (tertiary/aromatic N) is 1. The van der Waals surface area contributed by atoms with Crippen molar-refractivity contribution >= 4 is 46.1 Å². The molecule has 0 N–H and O–H groups in total. The van der Waals surface area contributed by atoms with Crippen LogP contribution in [0.3, 0.4) is 0 Å². The van der Waals surface area contributed by atoms with Crippen molar-refractivity contribution in [1.29, 1.82) is 0 Å². The number of terminal acetylenes is 1. The van der Waals surface area contributed by atoms with Crippen molar-refractivity contribution in [3.05, 3.63) is 74.6 Å². The standard InChI is InChI=1S/C23H18INO5/c1-5-23(16-8-6-7-9-19(16)25(3)22(23)28)17(21(27)29-4)13-30-20(26)15-12-14(2)10-11-18(15)24/h1,6-13H,2-4H3/b17-13+/t23-/m0/s1. The maximum Gasteiger partial charge on any atom is 0.344 e. The second-order valence-corrected chi connectivity index (χ2v) is 7.85. The van der Waals surface area contributed by atoms with Crippen LogP contribution in [0.1, 0.15) is 21.5 Å². The third-order valence-corrected chi connectivity index (χ3v) is 5.89. The Morgan fingerprint density at radius 3 is 2.60 bits per heavy atom. The van der Waals surface area contributed by atoms with Gasteiger partial charge in [0.1, 0.15) is 11.8 Å². The molecule has 0 aromatic heterocycles. The van der Waals surface area contributed by atoms with Crippen LogP contribution < -0.4 is 4.90 Å².